The highest BCUT2D eigenvalue weighted by atomic mass is 16.7. The van der Waals surface area contributed by atoms with E-state index >= 15 is 0 Å². The molecular formula is C24H24O11. The summed E-state index contributed by atoms with van der Waals surface area (Å²) in [6.45, 7) is -0.604. The molecule has 35 heavy (non-hydrogen) atoms. The number of aliphatic hydroxyl groups excluding tert-OH is 4. The minimum absolute atomic E-state index is 0.0276. The molecule has 0 bridgehead atoms. The number of phenols is 1. The van der Waals surface area contributed by atoms with E-state index in [1.807, 2.05) is 0 Å². The highest BCUT2D eigenvalue weighted by molar-refractivity contribution is 6.02. The Balaban J connectivity index is 1.53. The summed E-state index contributed by atoms with van der Waals surface area (Å²) in [6, 6.07) is 11.7. The van der Waals surface area contributed by atoms with Crippen molar-refractivity contribution in [2.45, 2.75) is 36.8 Å². The molecule has 2 aliphatic rings. The van der Waals surface area contributed by atoms with Crippen LogP contribution in [0.3, 0.4) is 0 Å². The molecule has 186 valence electrons. The van der Waals surface area contributed by atoms with Gasteiger partial charge >= 0.3 is 11.9 Å². The molecule has 2 aliphatic heterocycles. The molecule has 7 atom stereocenters. The molecule has 2 aromatic rings. The Morgan fingerprint density at radius 2 is 1.63 bits per heavy atom. The molecule has 2 heterocycles. The van der Waals surface area contributed by atoms with Crippen molar-refractivity contribution in [3.8, 4) is 11.5 Å². The number of esters is 1. The number of benzene rings is 2. The van der Waals surface area contributed by atoms with Gasteiger partial charge in [-0.05, 0) is 41.5 Å². The average Bonchev–Trinajstić information content (AvgIpc) is 3.17. The van der Waals surface area contributed by atoms with Gasteiger partial charge in [-0.3, -0.25) is 4.79 Å². The number of cyclic esters (lactones) is 1. The maximum atomic E-state index is 12.5. The standard InChI is InChI=1S/C24H24O11/c25-10-16-18(27)19(28)20(29)24(34-16)33-14-7-3-12(4-8-14)21-17(22(30)31)15(23(32)35-21)9-11-1-5-13(26)6-2-11/h1-9,16-21,24-29H,10H2,(H,30,31)/t16-,17+,18+,19+,20+,21-,24+/m0/s1. The van der Waals surface area contributed by atoms with E-state index in [1.54, 1.807) is 0 Å². The summed E-state index contributed by atoms with van der Waals surface area (Å²) in [7, 11) is 0. The zero-order chi connectivity index (χ0) is 25.3. The number of carboxylic acid groups (broad SMARTS) is 1. The fourth-order valence-corrected chi connectivity index (χ4v) is 4.00. The summed E-state index contributed by atoms with van der Waals surface area (Å²) in [4.78, 5) is 24.5. The zero-order valence-corrected chi connectivity index (χ0v) is 18.2. The number of hydrogen-bond donors (Lipinski definition) is 6. The topological polar surface area (TPSA) is 183 Å². The predicted octanol–water partition coefficient (Wildman–Crippen LogP) is -0.0468. The maximum absolute atomic E-state index is 12.5. The third-order valence-corrected chi connectivity index (χ3v) is 5.90. The summed E-state index contributed by atoms with van der Waals surface area (Å²) >= 11 is 0. The third-order valence-electron chi connectivity index (χ3n) is 5.90. The molecule has 6 N–H and O–H groups in total. The van der Waals surface area contributed by atoms with E-state index in [1.165, 1.54) is 54.6 Å². The van der Waals surface area contributed by atoms with Gasteiger partial charge in [0.1, 0.15) is 47.9 Å². The molecule has 2 fully saturated rings. The van der Waals surface area contributed by atoms with Gasteiger partial charge in [0.15, 0.2) is 0 Å². The van der Waals surface area contributed by atoms with Gasteiger partial charge in [0.05, 0.1) is 12.2 Å². The summed E-state index contributed by atoms with van der Waals surface area (Å²) in [5, 5.41) is 58.4. The van der Waals surface area contributed by atoms with Gasteiger partial charge in [-0.15, -0.1) is 0 Å². The van der Waals surface area contributed by atoms with Gasteiger partial charge in [0, 0.05) is 0 Å². The third kappa shape index (κ3) is 4.99. The lowest BCUT2D eigenvalue weighted by atomic mass is 9.90. The number of carboxylic acids is 1. The molecule has 11 nitrogen and oxygen atoms in total. The van der Waals surface area contributed by atoms with Crippen LogP contribution in [0.5, 0.6) is 11.5 Å². The first-order chi connectivity index (χ1) is 16.7. The molecule has 0 saturated carbocycles. The second kappa shape index (κ2) is 10.0. The summed E-state index contributed by atoms with van der Waals surface area (Å²) in [5.74, 6) is -3.12. The van der Waals surface area contributed by atoms with E-state index in [2.05, 4.69) is 0 Å². The monoisotopic (exact) mass is 488 g/mol. The Labute approximate surface area is 199 Å². The van der Waals surface area contributed by atoms with Crippen molar-refractivity contribution in [1.82, 2.24) is 0 Å². The van der Waals surface area contributed by atoms with Gasteiger partial charge in [0.25, 0.3) is 0 Å². The Morgan fingerprint density at radius 3 is 2.23 bits per heavy atom. The van der Waals surface area contributed by atoms with Crippen LogP contribution < -0.4 is 4.74 Å². The normalized spacial score (nSPS) is 31.8. The Morgan fingerprint density at radius 1 is 0.971 bits per heavy atom. The van der Waals surface area contributed by atoms with E-state index in [9.17, 15) is 40.2 Å². The molecule has 2 saturated heterocycles. The molecule has 0 radical (unpaired) electrons. The lowest BCUT2D eigenvalue weighted by Crippen LogP contribution is -2.60. The van der Waals surface area contributed by atoms with Crippen molar-refractivity contribution in [2.75, 3.05) is 6.61 Å². The Kier molecular flexibility index (Phi) is 7.05. The van der Waals surface area contributed by atoms with Gasteiger partial charge < -0.3 is 44.8 Å². The number of ether oxygens (including phenoxy) is 3. The second-order valence-electron chi connectivity index (χ2n) is 8.22. The van der Waals surface area contributed by atoms with Crippen molar-refractivity contribution >= 4 is 18.0 Å². The molecule has 4 rings (SSSR count). The van der Waals surface area contributed by atoms with Crippen LogP contribution in [0.15, 0.2) is 54.1 Å². The van der Waals surface area contributed by atoms with Gasteiger partial charge in [-0.2, -0.15) is 0 Å². The Bertz CT molecular complexity index is 1090. The lowest BCUT2D eigenvalue weighted by Gasteiger charge is -2.39. The number of aromatic hydroxyl groups is 1. The molecule has 0 aromatic heterocycles. The van der Waals surface area contributed by atoms with Gasteiger partial charge in [-0.1, -0.05) is 24.3 Å². The van der Waals surface area contributed by atoms with Crippen molar-refractivity contribution in [1.29, 1.82) is 0 Å². The van der Waals surface area contributed by atoms with Crippen LogP contribution >= 0.6 is 0 Å². The zero-order valence-electron chi connectivity index (χ0n) is 18.2. The van der Waals surface area contributed by atoms with Crippen LogP contribution in [0.2, 0.25) is 0 Å². The van der Waals surface area contributed by atoms with Crippen LogP contribution in [-0.2, 0) is 19.1 Å². The van der Waals surface area contributed by atoms with Gasteiger partial charge in [-0.25, -0.2) is 4.79 Å². The quantitative estimate of drug-likeness (QED) is 0.237. The first-order valence-corrected chi connectivity index (χ1v) is 10.7. The molecule has 0 aliphatic carbocycles. The smallest absolute Gasteiger partial charge is 0.335 e. The van der Waals surface area contributed by atoms with Crippen molar-refractivity contribution < 1.29 is 54.4 Å². The van der Waals surface area contributed by atoms with Crippen LogP contribution in [0, 0.1) is 5.92 Å². The number of carbonyl (C=O) groups excluding carboxylic acids is 1. The highest BCUT2D eigenvalue weighted by Crippen LogP contribution is 2.40. The molecule has 11 heteroatoms. The minimum atomic E-state index is -1.60. The summed E-state index contributed by atoms with van der Waals surface area (Å²) in [6.07, 6.45) is -6.93. The highest BCUT2D eigenvalue weighted by Gasteiger charge is 2.46. The largest absolute Gasteiger partial charge is 0.508 e. The van der Waals surface area contributed by atoms with Crippen LogP contribution in [0.25, 0.3) is 6.08 Å². The molecule has 2 aromatic carbocycles. The van der Waals surface area contributed by atoms with E-state index in [-0.39, 0.29) is 17.1 Å². The van der Waals surface area contributed by atoms with Crippen LogP contribution in [-0.4, -0.2) is 79.9 Å². The van der Waals surface area contributed by atoms with Crippen LogP contribution in [0.4, 0.5) is 0 Å². The summed E-state index contributed by atoms with van der Waals surface area (Å²) < 4.78 is 16.2. The van der Waals surface area contributed by atoms with Crippen molar-refractivity contribution in [3.63, 3.8) is 0 Å². The Hall–Kier alpha value is -3.48. The van der Waals surface area contributed by atoms with E-state index in [0.717, 1.165) is 0 Å². The number of carbonyl (C=O) groups is 2. The fraction of sp³-hybridized carbons (Fsp3) is 0.333. The van der Waals surface area contributed by atoms with Crippen LogP contribution in [0.1, 0.15) is 17.2 Å². The first kappa shape index (κ1) is 24.6. The molecule has 0 spiro atoms. The van der Waals surface area contributed by atoms with Crippen molar-refractivity contribution in [2.24, 2.45) is 5.92 Å². The van der Waals surface area contributed by atoms with Crippen molar-refractivity contribution in [3.05, 3.63) is 65.2 Å². The van der Waals surface area contributed by atoms with E-state index in [4.69, 9.17) is 14.2 Å². The fourth-order valence-electron chi connectivity index (χ4n) is 4.00. The van der Waals surface area contributed by atoms with E-state index in [0.29, 0.717) is 11.1 Å². The SMILES string of the molecule is O=C1O[C@@H](c2ccc(O[C@@H]3O[C@@H](CO)[C@@H](O)[C@@H](O)[C@H]3O)cc2)[C@H](C(=O)O)C1=Cc1ccc(O)cc1. The number of aliphatic hydroxyl groups is 4. The number of phenolic OH excluding ortho intramolecular Hbond substituents is 1. The number of aliphatic carboxylic acids is 1. The second-order valence-corrected chi connectivity index (χ2v) is 8.22. The summed E-state index contributed by atoms with van der Waals surface area (Å²) in [5.41, 5.74) is 0.848. The van der Waals surface area contributed by atoms with E-state index < -0.39 is 61.3 Å². The molecule has 0 unspecified atom stereocenters. The molecular weight excluding hydrogens is 464 g/mol. The minimum Gasteiger partial charge on any atom is -0.508 e. The number of rotatable bonds is 6. The molecule has 0 amide bonds. The predicted molar refractivity (Wildman–Crippen MR) is 117 cm³/mol. The van der Waals surface area contributed by atoms with Gasteiger partial charge in [0.2, 0.25) is 6.29 Å². The average molecular weight is 488 g/mol. The first-order valence-electron chi connectivity index (χ1n) is 10.7. The lowest BCUT2D eigenvalue weighted by molar-refractivity contribution is -0.277. The maximum Gasteiger partial charge on any atom is 0.335 e. The number of hydrogen-bond acceptors (Lipinski definition) is 10.